The van der Waals surface area contributed by atoms with Crippen LogP contribution in [-0.2, 0) is 102 Å². The van der Waals surface area contributed by atoms with Gasteiger partial charge in [0.15, 0.2) is 88.5 Å². The monoisotopic (exact) mass is 1420 g/mol. The number of aromatic hydroxyl groups is 3. The Hall–Kier alpha value is 0.390. The maximum absolute atomic E-state index is 12.9. The van der Waals surface area contributed by atoms with Gasteiger partial charge in [-0.25, -0.2) is 58.9 Å². The number of phenols is 3. The van der Waals surface area contributed by atoms with Crippen molar-refractivity contribution in [2.75, 3.05) is 37.1 Å². The fourth-order valence-electron chi connectivity index (χ4n) is 6.03. The Morgan fingerprint density at radius 2 is 0.765 bits per heavy atom. The Balaban J connectivity index is 0. The Bertz CT molecular complexity index is 4100. The van der Waals surface area contributed by atoms with Crippen molar-refractivity contribution < 1.29 is 312 Å². The van der Waals surface area contributed by atoms with Crippen LogP contribution in [0.5, 0.6) is 17.2 Å². The second-order valence-electron chi connectivity index (χ2n) is 14.3. The largest absolute Gasteiger partial charge is 1.00 e. The molecule has 0 bridgehead atoms. The molecular formula is C34H26N6Na6O30S9. The summed E-state index contributed by atoms with van der Waals surface area (Å²) in [4.78, 5) is -6.50. The first-order valence-corrected chi connectivity index (χ1v) is 31.5. The number of phenolic OH excluding ortho intramolecular Hbond substituents is 3. The maximum Gasteiger partial charge on any atom is 1.00 e. The summed E-state index contributed by atoms with van der Waals surface area (Å²) in [6.07, 6.45) is 0. The van der Waals surface area contributed by atoms with E-state index in [-0.39, 0.29) is 213 Å². The van der Waals surface area contributed by atoms with E-state index >= 15 is 0 Å². The molecule has 85 heavy (non-hydrogen) atoms. The maximum atomic E-state index is 12.9. The van der Waals surface area contributed by atoms with E-state index in [1.165, 1.54) is 0 Å². The van der Waals surface area contributed by atoms with Gasteiger partial charge in [0.25, 0.3) is 0 Å². The van der Waals surface area contributed by atoms with Crippen molar-refractivity contribution in [3.8, 4) is 17.2 Å². The number of rotatable bonds is 28. The van der Waals surface area contributed by atoms with Crippen molar-refractivity contribution in [3.05, 3.63) is 66.7 Å². The molecule has 0 unspecified atom stereocenters. The fourth-order valence-corrected chi connectivity index (χ4v) is 12.6. The number of azo groups is 3. The van der Waals surface area contributed by atoms with Crippen molar-refractivity contribution in [1.29, 1.82) is 0 Å². The molecule has 0 aliphatic carbocycles. The number of hydrogen-bond donors (Lipinski definition) is 3. The molecule has 0 aliphatic heterocycles. The zero-order chi connectivity index (χ0) is 58.9. The molecule has 3 N–H and O–H groups in total. The van der Waals surface area contributed by atoms with Crippen molar-refractivity contribution in [3.63, 3.8) is 0 Å². The third kappa shape index (κ3) is 25.0. The quantitative estimate of drug-likeness (QED) is 0.00612. The third-order valence-corrected chi connectivity index (χ3v) is 18.3. The summed E-state index contributed by atoms with van der Waals surface area (Å²) in [5, 5.41) is 80.2. The molecule has 0 amide bonds. The first-order valence-electron chi connectivity index (χ1n) is 19.7. The molecule has 0 aliphatic rings. The van der Waals surface area contributed by atoms with Gasteiger partial charge in [0.1, 0.15) is 47.4 Å². The molecule has 0 atom stereocenters. The fraction of sp³-hybridized carbons (Fsp3) is 0.176. The van der Waals surface area contributed by atoms with E-state index in [0.29, 0.717) is 30.3 Å². The van der Waals surface area contributed by atoms with Crippen molar-refractivity contribution in [2.24, 2.45) is 30.7 Å². The van der Waals surface area contributed by atoms with Crippen molar-refractivity contribution in [2.45, 2.75) is 29.4 Å². The molecule has 0 heterocycles. The van der Waals surface area contributed by atoms with Gasteiger partial charge in [-0.2, -0.15) is 0 Å². The van der Waals surface area contributed by atoms with Gasteiger partial charge < -0.3 is 44.0 Å². The van der Waals surface area contributed by atoms with Gasteiger partial charge in [0.05, 0.1) is 66.5 Å². The summed E-state index contributed by atoms with van der Waals surface area (Å²) in [7, 11) is -36.2. The molecule has 0 fully saturated rings. The van der Waals surface area contributed by atoms with Gasteiger partial charge in [0, 0.05) is 5.39 Å². The number of hydrogen-bond acceptors (Lipinski definition) is 38. The van der Waals surface area contributed by atoms with Gasteiger partial charge in [0.2, 0.25) is 10.4 Å². The summed E-state index contributed by atoms with van der Waals surface area (Å²) in [6, 6.07) is 7.18. The predicted octanol–water partition coefficient (Wildman–Crippen LogP) is -16.7. The Kier molecular flexibility index (Phi) is 38.4. The Morgan fingerprint density at radius 1 is 0.424 bits per heavy atom. The summed E-state index contributed by atoms with van der Waals surface area (Å²) in [6.45, 7) is -2.56. The minimum Gasteiger partial charge on any atom is -0.744 e. The molecule has 0 radical (unpaired) electrons. The van der Waals surface area contributed by atoms with Crippen LogP contribution in [-0.4, -0.2) is 130 Å². The molecule has 0 aromatic heterocycles. The number of benzene rings is 5. The minimum absolute atomic E-state index is 0. The van der Waals surface area contributed by atoms with E-state index in [9.17, 15) is 103 Å². The van der Waals surface area contributed by atoms with E-state index in [1.807, 2.05) is 0 Å². The first kappa shape index (κ1) is 87.5. The zero-order valence-electron chi connectivity index (χ0n) is 43.8. The normalized spacial score (nSPS) is 12.4. The van der Waals surface area contributed by atoms with E-state index in [4.69, 9.17) is 4.18 Å². The molecule has 5 rings (SSSR count). The SMILES string of the molecule is O=S(=O)([O-])OCCS(=O)(=O)c1ccc(N=Nc2c(O)c(N=Nc3ccc(S(=O)(=O)CCOSOO[O-])cc3S(=O)(=O)[O-])c(O)c(N=Nc3ccc4cc(S(=O)(=O)CCOSOO[O-])ccc4c3S(=O)(=O)[O-])c2O)c(S(=O)(=O)[O-])c1.[Na+].[Na+].[Na+].[Na+].[Na+].[Na+]. The van der Waals surface area contributed by atoms with Crippen molar-refractivity contribution >= 4 is 140 Å². The Morgan fingerprint density at radius 3 is 1.12 bits per heavy atom. The molecule has 0 spiro atoms. The van der Waals surface area contributed by atoms with Crippen LogP contribution in [0, 0.1) is 0 Å². The molecule has 0 saturated carbocycles. The van der Waals surface area contributed by atoms with Crippen LogP contribution in [0.15, 0.2) is 127 Å². The van der Waals surface area contributed by atoms with Crippen LogP contribution in [0.2, 0.25) is 0 Å². The van der Waals surface area contributed by atoms with Crippen LogP contribution in [0.1, 0.15) is 0 Å². The molecule has 51 heteroatoms. The van der Waals surface area contributed by atoms with Gasteiger partial charge in [-0.3, -0.25) is 22.6 Å². The Labute approximate surface area is 622 Å². The summed E-state index contributed by atoms with van der Waals surface area (Å²) in [5.41, 5.74) is -7.27. The first-order chi connectivity index (χ1) is 36.6. The average molecular weight is 1430 g/mol. The van der Waals surface area contributed by atoms with Gasteiger partial charge >= 0.3 is 177 Å². The molecule has 0 saturated heterocycles. The molecule has 5 aromatic rings. The predicted molar refractivity (Wildman–Crippen MR) is 248 cm³/mol. The topological polar surface area (TPSA) is 577 Å². The minimum atomic E-state index is -5.82. The molecule has 432 valence electrons. The van der Waals surface area contributed by atoms with Crippen LogP contribution in [0.3, 0.4) is 0 Å². The van der Waals surface area contributed by atoms with Crippen molar-refractivity contribution in [1.82, 2.24) is 0 Å². The van der Waals surface area contributed by atoms with Gasteiger partial charge in [-0.1, -0.05) is 12.1 Å². The van der Waals surface area contributed by atoms with Crippen LogP contribution >= 0.6 is 24.6 Å². The summed E-state index contributed by atoms with van der Waals surface area (Å²) >= 11 is -0.0765. The van der Waals surface area contributed by atoms with Crippen LogP contribution < -0.4 is 188 Å². The van der Waals surface area contributed by atoms with Gasteiger partial charge in [-0.05, 0) is 60.0 Å². The standard InChI is InChI=1S/C34H32N6O30S9.6Na/c41-31-28(38-35-23-7-3-20(16-26(23)76(52,53)54)74(48,49)13-10-65-72-70-68-45)32(42)30(33(43)29(31)39-36-24-8-4-21(17-27(24)77(55,56)57)75(50,51)14-11-66-79(61,62)63)40-37-25-6-1-18-15-19(2-5-22(18)34(25)78(58,59)60)73(46,47)12-9-64-71-69-67-44;;;;;;/h1-8,15-17,41-45H,9-14H2,(H,52,53,54)(H,55,56,57)(H,58,59,60)(H,61,62,63);;;;;;/q;6*+1/p-6. The number of fused-ring (bicyclic) bond motifs is 1. The van der Waals surface area contributed by atoms with Gasteiger partial charge in [-0.15, -0.1) is 39.4 Å². The average Bonchev–Trinajstić information content (AvgIpc) is 3.34. The second kappa shape index (κ2) is 37.3. The third-order valence-electron chi connectivity index (χ3n) is 9.43. The summed E-state index contributed by atoms with van der Waals surface area (Å²) < 4.78 is 243. The second-order valence-corrected chi connectivity index (χ2v) is 26.8. The zero-order valence-corrected chi connectivity index (χ0v) is 63.2. The van der Waals surface area contributed by atoms with E-state index < -0.39 is 193 Å². The van der Waals surface area contributed by atoms with E-state index in [0.717, 1.165) is 30.3 Å². The van der Waals surface area contributed by atoms with E-state index in [1.54, 1.807) is 0 Å². The number of nitrogens with zero attached hydrogens (tertiary/aromatic N) is 6. The van der Waals surface area contributed by atoms with E-state index in [2.05, 4.69) is 57.8 Å². The number of sulfone groups is 3. The molecule has 5 aromatic carbocycles. The molecule has 36 nitrogen and oxygen atoms in total. The summed E-state index contributed by atoms with van der Waals surface area (Å²) in [5.74, 6) is -7.74. The van der Waals surface area contributed by atoms with Crippen LogP contribution in [0.25, 0.3) is 10.8 Å². The molecular weight excluding hydrogens is 1400 g/mol. The van der Waals surface area contributed by atoms with Crippen LogP contribution in [0.4, 0.5) is 34.1 Å². The smallest absolute Gasteiger partial charge is 0.744 e.